The van der Waals surface area contributed by atoms with Crippen LogP contribution in [0.4, 0.5) is 0 Å². The summed E-state index contributed by atoms with van der Waals surface area (Å²) in [5.74, 6) is -11.1. The van der Waals surface area contributed by atoms with Crippen LogP contribution in [0.25, 0.3) is 11.1 Å². The van der Waals surface area contributed by atoms with E-state index in [0.29, 0.717) is 22.3 Å². The summed E-state index contributed by atoms with van der Waals surface area (Å²) in [5.41, 5.74) is 4.66. The number of amides is 1. The van der Waals surface area contributed by atoms with E-state index < -0.39 is 64.4 Å². The number of carbonyl (C=O) groups excluding carboxylic acids is 6. The number of likely N-dealkylation sites (N-methyl/N-ethyl adjacent to an activating group) is 1. The number of nitrogens with zero attached hydrogens (tertiary/aromatic N) is 1. The van der Waals surface area contributed by atoms with Crippen molar-refractivity contribution in [3.8, 4) is 16.9 Å². The molecule has 0 aliphatic heterocycles. The highest BCUT2D eigenvalue weighted by Crippen LogP contribution is 2.51. The molecule has 202 valence electrons. The molecule has 2 aromatic carbocycles. The Balaban J connectivity index is 1.66. The van der Waals surface area contributed by atoms with Crippen LogP contribution < -0.4 is 5.73 Å². The molecule has 2 fully saturated rings. The molecular formula is C29H28N2O8. The Morgan fingerprint density at radius 3 is 2.36 bits per heavy atom. The first-order valence-corrected chi connectivity index (χ1v) is 12.6. The highest BCUT2D eigenvalue weighted by atomic mass is 16.3. The lowest BCUT2D eigenvalue weighted by molar-refractivity contribution is -0.181. The third-order valence-electron chi connectivity index (χ3n) is 8.52. The van der Waals surface area contributed by atoms with Gasteiger partial charge in [0.05, 0.1) is 17.5 Å². The summed E-state index contributed by atoms with van der Waals surface area (Å²) in [6, 6.07) is 8.62. The monoisotopic (exact) mass is 532 g/mol. The maximum absolute atomic E-state index is 13.9. The predicted molar refractivity (Wildman–Crippen MR) is 137 cm³/mol. The van der Waals surface area contributed by atoms with Crippen LogP contribution in [0.1, 0.15) is 39.6 Å². The Kier molecular flexibility index (Phi) is 6.15. The zero-order chi connectivity index (χ0) is 28.5. The first-order valence-electron chi connectivity index (χ1n) is 12.6. The van der Waals surface area contributed by atoms with Crippen LogP contribution >= 0.6 is 0 Å². The molecule has 10 heteroatoms. The Hall–Kier alpha value is -4.02. The van der Waals surface area contributed by atoms with E-state index >= 15 is 0 Å². The Labute approximate surface area is 223 Å². The summed E-state index contributed by atoms with van der Waals surface area (Å²) in [7, 11) is 3.07. The standard InChI is InChI=1S/C29H28N2O8/c1-12(32)13-5-4-6-14(9-13)16-7-8-19(33)21-17(16)10-15-11-18-23(31(2)3)25(35)22(28(30)38)27(37)29(18,39)26(36)20(15)24(21)34/h4-9,15,18,20,22-23,33,39H,10-11H2,1-3H3,(H2,30,38)/t15-,18-,20?,22?,23-,29-/m1/s1. The molecule has 39 heavy (non-hydrogen) atoms. The molecule has 2 saturated carbocycles. The topological polar surface area (TPSA) is 172 Å². The van der Waals surface area contributed by atoms with Gasteiger partial charge in [0.2, 0.25) is 5.91 Å². The second-order valence-corrected chi connectivity index (χ2v) is 10.9. The lowest BCUT2D eigenvalue weighted by Crippen LogP contribution is -2.74. The molecule has 0 saturated heterocycles. The van der Waals surface area contributed by atoms with E-state index in [4.69, 9.17) is 5.73 Å². The average molecular weight is 533 g/mol. The van der Waals surface area contributed by atoms with Crippen molar-refractivity contribution in [2.75, 3.05) is 14.1 Å². The number of Topliss-reactive ketones (excluding diaryl/α,β-unsaturated/α-hetero) is 5. The molecule has 3 aliphatic carbocycles. The third-order valence-corrected chi connectivity index (χ3v) is 8.52. The number of hydrogen-bond donors (Lipinski definition) is 3. The first kappa shape index (κ1) is 26.6. The maximum Gasteiger partial charge on any atom is 0.235 e. The van der Waals surface area contributed by atoms with Crippen molar-refractivity contribution >= 4 is 34.8 Å². The van der Waals surface area contributed by atoms with E-state index in [9.17, 15) is 39.0 Å². The molecule has 4 N–H and O–H groups in total. The number of phenols is 1. The van der Waals surface area contributed by atoms with Crippen LogP contribution in [0.3, 0.4) is 0 Å². The zero-order valence-electron chi connectivity index (χ0n) is 21.6. The van der Waals surface area contributed by atoms with Crippen LogP contribution in [0, 0.1) is 23.7 Å². The minimum absolute atomic E-state index is 0.0352. The minimum atomic E-state index is -2.76. The highest BCUT2D eigenvalue weighted by Gasteiger charge is 2.69. The Bertz CT molecular complexity index is 1490. The fourth-order valence-electron chi connectivity index (χ4n) is 6.78. The molecule has 3 aliphatic rings. The smallest absolute Gasteiger partial charge is 0.235 e. The summed E-state index contributed by atoms with van der Waals surface area (Å²) < 4.78 is 0. The Morgan fingerprint density at radius 1 is 1.05 bits per heavy atom. The number of aromatic hydroxyl groups is 1. The molecule has 5 rings (SSSR count). The van der Waals surface area contributed by atoms with Gasteiger partial charge in [0.15, 0.2) is 40.4 Å². The first-order chi connectivity index (χ1) is 18.3. The van der Waals surface area contributed by atoms with Crippen LogP contribution in [-0.4, -0.2) is 75.7 Å². The van der Waals surface area contributed by atoms with E-state index in [1.165, 1.54) is 32.0 Å². The lowest BCUT2D eigenvalue weighted by Gasteiger charge is -2.52. The number of primary amides is 1. The van der Waals surface area contributed by atoms with Crippen molar-refractivity contribution < 1.29 is 39.0 Å². The largest absolute Gasteiger partial charge is 0.507 e. The number of phenolic OH excluding ortho intramolecular Hbond substituents is 1. The van der Waals surface area contributed by atoms with E-state index in [1.807, 2.05) is 0 Å². The summed E-state index contributed by atoms with van der Waals surface area (Å²) in [6.07, 6.45) is 0.104. The number of ketones is 5. The van der Waals surface area contributed by atoms with Gasteiger partial charge in [-0.25, -0.2) is 0 Å². The quantitative estimate of drug-likeness (QED) is 0.379. The van der Waals surface area contributed by atoms with Crippen molar-refractivity contribution in [1.29, 1.82) is 0 Å². The molecule has 0 aromatic heterocycles. The molecule has 0 heterocycles. The minimum Gasteiger partial charge on any atom is -0.507 e. The Morgan fingerprint density at radius 2 is 1.74 bits per heavy atom. The number of nitrogens with two attached hydrogens (primary N) is 1. The third kappa shape index (κ3) is 3.70. The van der Waals surface area contributed by atoms with Gasteiger partial charge >= 0.3 is 0 Å². The molecular weight excluding hydrogens is 504 g/mol. The number of hydrogen-bond acceptors (Lipinski definition) is 9. The molecule has 0 spiro atoms. The van der Waals surface area contributed by atoms with Crippen LogP contribution in [-0.2, 0) is 25.6 Å². The maximum atomic E-state index is 13.9. The van der Waals surface area contributed by atoms with Gasteiger partial charge in [0, 0.05) is 11.5 Å². The molecule has 0 bridgehead atoms. The second-order valence-electron chi connectivity index (χ2n) is 10.9. The van der Waals surface area contributed by atoms with Crippen molar-refractivity contribution in [2.45, 2.75) is 31.4 Å². The number of benzene rings is 2. The SMILES string of the molecule is CC(=O)c1cccc(-c2ccc(O)c3c2C[C@@H]2C[C@@H]4[C@@H](N(C)C)C(=O)C(C(N)=O)C(=O)[C@]4(O)C(=O)C2C3=O)c1. The number of carbonyl (C=O) groups is 6. The lowest BCUT2D eigenvalue weighted by atomic mass is 9.52. The van der Waals surface area contributed by atoms with Crippen LogP contribution in [0.5, 0.6) is 5.75 Å². The summed E-state index contributed by atoms with van der Waals surface area (Å²) >= 11 is 0. The van der Waals surface area contributed by atoms with Gasteiger partial charge in [-0.05, 0) is 68.6 Å². The van der Waals surface area contributed by atoms with Gasteiger partial charge in [-0.1, -0.05) is 24.3 Å². The van der Waals surface area contributed by atoms with Gasteiger partial charge in [-0.15, -0.1) is 0 Å². The fraction of sp³-hybridized carbons (Fsp3) is 0.379. The second kappa shape index (κ2) is 9.03. The van der Waals surface area contributed by atoms with E-state index in [1.54, 1.807) is 30.3 Å². The molecule has 1 amide bonds. The van der Waals surface area contributed by atoms with Gasteiger partial charge in [0.25, 0.3) is 0 Å². The number of fused-ring (bicyclic) bond motifs is 3. The summed E-state index contributed by atoms with van der Waals surface area (Å²) in [4.78, 5) is 79.7. The predicted octanol–water partition coefficient (Wildman–Crippen LogP) is 0.737. The van der Waals surface area contributed by atoms with Crippen LogP contribution in [0.15, 0.2) is 36.4 Å². The van der Waals surface area contributed by atoms with Crippen molar-refractivity contribution in [3.63, 3.8) is 0 Å². The molecule has 2 aromatic rings. The summed E-state index contributed by atoms with van der Waals surface area (Å²) in [5, 5.41) is 22.3. The molecule has 0 radical (unpaired) electrons. The van der Waals surface area contributed by atoms with Gasteiger partial charge in [0.1, 0.15) is 5.75 Å². The molecule has 2 unspecified atom stereocenters. The normalized spacial score (nSPS) is 30.0. The van der Waals surface area contributed by atoms with Crippen LogP contribution in [0.2, 0.25) is 0 Å². The van der Waals surface area contributed by atoms with Crippen molar-refractivity contribution in [3.05, 3.63) is 53.1 Å². The number of rotatable bonds is 4. The highest BCUT2D eigenvalue weighted by molar-refractivity contribution is 6.32. The van der Waals surface area contributed by atoms with E-state index in [0.717, 1.165) is 0 Å². The zero-order valence-corrected chi connectivity index (χ0v) is 21.6. The summed E-state index contributed by atoms with van der Waals surface area (Å²) in [6.45, 7) is 1.44. The van der Waals surface area contributed by atoms with Gasteiger partial charge in [-0.3, -0.25) is 33.7 Å². The average Bonchev–Trinajstić information content (AvgIpc) is 2.86. The fourth-order valence-corrected chi connectivity index (χ4v) is 6.78. The van der Waals surface area contributed by atoms with E-state index in [-0.39, 0.29) is 29.9 Å². The molecule has 6 atom stereocenters. The van der Waals surface area contributed by atoms with Gasteiger partial charge < -0.3 is 15.9 Å². The van der Waals surface area contributed by atoms with Gasteiger partial charge in [-0.2, -0.15) is 0 Å². The van der Waals surface area contributed by atoms with Crippen molar-refractivity contribution in [2.24, 2.45) is 29.4 Å². The van der Waals surface area contributed by atoms with Crippen molar-refractivity contribution in [1.82, 2.24) is 4.90 Å². The molecule has 10 nitrogen and oxygen atoms in total. The number of aliphatic hydroxyl groups is 1. The van der Waals surface area contributed by atoms with E-state index in [2.05, 4.69) is 0 Å².